The summed E-state index contributed by atoms with van der Waals surface area (Å²) in [5.41, 5.74) is 7.73. The van der Waals surface area contributed by atoms with Crippen molar-refractivity contribution < 1.29 is 9.18 Å². The third kappa shape index (κ3) is 4.53. The number of aryl methyl sites for hydroxylation is 1. The highest BCUT2D eigenvalue weighted by Crippen LogP contribution is 2.29. The van der Waals surface area contributed by atoms with Crippen LogP contribution in [0.5, 0.6) is 0 Å². The van der Waals surface area contributed by atoms with Crippen LogP contribution in [0.15, 0.2) is 42.5 Å². The summed E-state index contributed by atoms with van der Waals surface area (Å²) in [6.45, 7) is 3.46. The molecule has 5 heteroatoms. The first kappa shape index (κ1) is 17.4. The molecule has 0 saturated carbocycles. The van der Waals surface area contributed by atoms with Gasteiger partial charge in [-0.05, 0) is 42.7 Å². The van der Waals surface area contributed by atoms with Gasteiger partial charge in [-0.2, -0.15) is 0 Å². The third-order valence-corrected chi connectivity index (χ3v) is 3.89. The largest absolute Gasteiger partial charge is 0.345 e. The fourth-order valence-electron chi connectivity index (χ4n) is 2.41. The van der Waals surface area contributed by atoms with E-state index in [2.05, 4.69) is 5.32 Å². The lowest BCUT2D eigenvalue weighted by molar-refractivity contribution is -0.121. The minimum Gasteiger partial charge on any atom is -0.345 e. The van der Waals surface area contributed by atoms with E-state index in [1.807, 2.05) is 18.2 Å². The van der Waals surface area contributed by atoms with Gasteiger partial charge in [-0.15, -0.1) is 0 Å². The van der Waals surface area contributed by atoms with E-state index in [0.717, 1.165) is 11.1 Å². The first-order valence-corrected chi connectivity index (χ1v) is 7.81. The zero-order valence-corrected chi connectivity index (χ0v) is 13.9. The van der Waals surface area contributed by atoms with Crippen molar-refractivity contribution in [2.45, 2.75) is 32.4 Å². The number of benzene rings is 2. The van der Waals surface area contributed by atoms with Gasteiger partial charge in [-0.3, -0.25) is 4.79 Å². The molecule has 0 heterocycles. The Bertz CT molecular complexity index is 703. The number of halogens is 2. The predicted molar refractivity (Wildman–Crippen MR) is 90.8 cm³/mol. The minimum atomic E-state index is -0.450. The molecule has 0 spiro atoms. The summed E-state index contributed by atoms with van der Waals surface area (Å²) in [6.07, 6.45) is 0.209. The molecule has 0 aliphatic heterocycles. The van der Waals surface area contributed by atoms with Crippen LogP contribution in [0.25, 0.3) is 0 Å². The van der Waals surface area contributed by atoms with Crippen LogP contribution in [0, 0.1) is 12.7 Å². The van der Waals surface area contributed by atoms with Crippen molar-refractivity contribution >= 4 is 17.5 Å². The van der Waals surface area contributed by atoms with Crippen molar-refractivity contribution in [1.29, 1.82) is 0 Å². The van der Waals surface area contributed by atoms with Gasteiger partial charge in [0.25, 0.3) is 0 Å². The van der Waals surface area contributed by atoms with Crippen molar-refractivity contribution in [3.63, 3.8) is 0 Å². The summed E-state index contributed by atoms with van der Waals surface area (Å²) in [6, 6.07) is 11.4. The summed E-state index contributed by atoms with van der Waals surface area (Å²) in [5, 5.41) is 3.48. The lowest BCUT2D eigenvalue weighted by Gasteiger charge is -2.22. The highest BCUT2D eigenvalue weighted by atomic mass is 35.5. The van der Waals surface area contributed by atoms with Crippen LogP contribution >= 0.6 is 11.6 Å². The van der Waals surface area contributed by atoms with Crippen LogP contribution in [0.3, 0.4) is 0 Å². The molecule has 0 fully saturated rings. The number of nitrogens with one attached hydrogen (secondary N) is 1. The Balaban J connectivity index is 2.40. The maximum Gasteiger partial charge on any atom is 0.222 e. The molecular formula is C18H20ClFN2O. The van der Waals surface area contributed by atoms with Gasteiger partial charge in [0.1, 0.15) is 5.82 Å². The summed E-state index contributed by atoms with van der Waals surface area (Å²) >= 11 is 6.28. The SMILES string of the molecule is Cc1cc(C(NC(=O)CC(C)N)c2ccccc2Cl)ccc1F. The van der Waals surface area contributed by atoms with E-state index in [0.29, 0.717) is 10.6 Å². The van der Waals surface area contributed by atoms with Gasteiger partial charge in [-0.25, -0.2) is 4.39 Å². The number of carbonyl (C=O) groups is 1. The summed E-state index contributed by atoms with van der Waals surface area (Å²) in [7, 11) is 0. The normalized spacial score (nSPS) is 13.4. The molecule has 3 N–H and O–H groups in total. The average Bonchev–Trinajstić information content (AvgIpc) is 2.48. The van der Waals surface area contributed by atoms with E-state index in [9.17, 15) is 9.18 Å². The fraction of sp³-hybridized carbons (Fsp3) is 0.278. The average molecular weight is 335 g/mol. The van der Waals surface area contributed by atoms with Crippen molar-refractivity contribution in [2.24, 2.45) is 5.73 Å². The van der Waals surface area contributed by atoms with E-state index in [1.54, 1.807) is 32.0 Å². The van der Waals surface area contributed by atoms with Crippen molar-refractivity contribution in [3.8, 4) is 0 Å². The minimum absolute atomic E-state index is 0.174. The second-order valence-electron chi connectivity index (χ2n) is 5.71. The molecular weight excluding hydrogens is 315 g/mol. The third-order valence-electron chi connectivity index (χ3n) is 3.54. The van der Waals surface area contributed by atoms with Gasteiger partial charge >= 0.3 is 0 Å². The molecule has 2 rings (SSSR count). The predicted octanol–water partition coefficient (Wildman–Crippen LogP) is 3.73. The number of hydrogen-bond donors (Lipinski definition) is 2. The molecule has 2 unspecified atom stereocenters. The van der Waals surface area contributed by atoms with Crippen LogP contribution in [0.4, 0.5) is 4.39 Å². The summed E-state index contributed by atoms with van der Waals surface area (Å²) in [5.74, 6) is -0.458. The Hall–Kier alpha value is -1.91. The van der Waals surface area contributed by atoms with Crippen LogP contribution in [0.2, 0.25) is 5.02 Å². The molecule has 2 aromatic rings. The second-order valence-corrected chi connectivity index (χ2v) is 6.12. The zero-order chi connectivity index (χ0) is 17.0. The monoisotopic (exact) mass is 334 g/mol. The standard InChI is InChI=1S/C18H20ClFN2O/c1-11-9-13(7-8-16(11)20)18(22-17(23)10-12(2)21)14-5-3-4-6-15(14)19/h3-9,12,18H,10,21H2,1-2H3,(H,22,23). The Morgan fingerprint density at radius 1 is 1.30 bits per heavy atom. The molecule has 0 aliphatic rings. The lowest BCUT2D eigenvalue weighted by Crippen LogP contribution is -2.33. The first-order chi connectivity index (χ1) is 10.9. The topological polar surface area (TPSA) is 55.1 Å². The Morgan fingerprint density at radius 3 is 2.61 bits per heavy atom. The Labute approximate surface area is 140 Å². The number of hydrogen-bond acceptors (Lipinski definition) is 2. The summed E-state index contributed by atoms with van der Waals surface area (Å²) < 4.78 is 13.5. The van der Waals surface area contributed by atoms with Gasteiger partial charge in [0, 0.05) is 17.5 Å². The maximum atomic E-state index is 13.5. The molecule has 3 nitrogen and oxygen atoms in total. The smallest absolute Gasteiger partial charge is 0.222 e. The summed E-state index contributed by atoms with van der Waals surface area (Å²) in [4.78, 5) is 12.2. The van der Waals surface area contributed by atoms with Crippen molar-refractivity contribution in [3.05, 3.63) is 70.0 Å². The molecule has 2 atom stereocenters. The maximum absolute atomic E-state index is 13.5. The van der Waals surface area contributed by atoms with Crippen LogP contribution in [-0.4, -0.2) is 11.9 Å². The highest BCUT2D eigenvalue weighted by molar-refractivity contribution is 6.31. The van der Waals surface area contributed by atoms with Crippen molar-refractivity contribution in [2.75, 3.05) is 0 Å². The second kappa shape index (κ2) is 7.57. The van der Waals surface area contributed by atoms with E-state index in [-0.39, 0.29) is 24.2 Å². The molecule has 0 saturated heterocycles. The number of rotatable bonds is 5. The highest BCUT2D eigenvalue weighted by Gasteiger charge is 2.20. The van der Waals surface area contributed by atoms with E-state index in [4.69, 9.17) is 17.3 Å². The number of carbonyl (C=O) groups excluding carboxylic acids is 1. The quantitative estimate of drug-likeness (QED) is 0.875. The van der Waals surface area contributed by atoms with Gasteiger partial charge in [-0.1, -0.05) is 41.9 Å². The molecule has 2 aromatic carbocycles. The molecule has 0 radical (unpaired) electrons. The molecule has 0 aromatic heterocycles. The Kier molecular flexibility index (Phi) is 5.74. The first-order valence-electron chi connectivity index (χ1n) is 7.44. The van der Waals surface area contributed by atoms with E-state index in [1.165, 1.54) is 6.07 Å². The molecule has 23 heavy (non-hydrogen) atoms. The lowest BCUT2D eigenvalue weighted by atomic mass is 9.96. The van der Waals surface area contributed by atoms with E-state index >= 15 is 0 Å². The fourth-order valence-corrected chi connectivity index (χ4v) is 2.65. The van der Waals surface area contributed by atoms with Crippen LogP contribution in [-0.2, 0) is 4.79 Å². The van der Waals surface area contributed by atoms with Crippen LogP contribution < -0.4 is 11.1 Å². The van der Waals surface area contributed by atoms with Gasteiger partial charge < -0.3 is 11.1 Å². The molecule has 122 valence electrons. The number of nitrogens with two attached hydrogens (primary N) is 1. The van der Waals surface area contributed by atoms with Gasteiger partial charge in [0.2, 0.25) is 5.91 Å². The Morgan fingerprint density at radius 2 is 2.00 bits per heavy atom. The van der Waals surface area contributed by atoms with E-state index < -0.39 is 6.04 Å². The zero-order valence-electron chi connectivity index (χ0n) is 13.1. The number of amides is 1. The van der Waals surface area contributed by atoms with Crippen LogP contribution in [0.1, 0.15) is 36.1 Å². The molecule has 0 aliphatic carbocycles. The van der Waals surface area contributed by atoms with Gasteiger partial charge in [0.15, 0.2) is 0 Å². The molecule has 0 bridgehead atoms. The van der Waals surface area contributed by atoms with Gasteiger partial charge in [0.05, 0.1) is 6.04 Å². The van der Waals surface area contributed by atoms with Crippen molar-refractivity contribution in [1.82, 2.24) is 5.32 Å². The molecule has 1 amide bonds.